The second-order valence-electron chi connectivity index (χ2n) is 8.39. The number of rotatable bonds is 9. The van der Waals surface area contributed by atoms with Gasteiger partial charge < -0.3 is 19.7 Å². The van der Waals surface area contributed by atoms with Gasteiger partial charge in [-0.25, -0.2) is 9.97 Å². The number of anilines is 1. The van der Waals surface area contributed by atoms with Crippen LogP contribution in [0.2, 0.25) is 0 Å². The van der Waals surface area contributed by atoms with Crippen LogP contribution in [0.15, 0.2) is 48.0 Å². The lowest BCUT2D eigenvalue weighted by atomic mass is 9.97. The summed E-state index contributed by atoms with van der Waals surface area (Å²) >= 11 is 1.45. The number of carbonyl (C=O) groups is 3. The van der Waals surface area contributed by atoms with Gasteiger partial charge in [0.2, 0.25) is 11.8 Å². The van der Waals surface area contributed by atoms with Crippen molar-refractivity contribution in [3.63, 3.8) is 0 Å². The Morgan fingerprint density at radius 2 is 1.81 bits per heavy atom. The predicted octanol–water partition coefficient (Wildman–Crippen LogP) is 4.18. The van der Waals surface area contributed by atoms with Gasteiger partial charge in [0.05, 0.1) is 19.2 Å². The molecule has 0 bridgehead atoms. The van der Waals surface area contributed by atoms with Crippen molar-refractivity contribution in [3.8, 4) is 11.6 Å². The van der Waals surface area contributed by atoms with E-state index in [4.69, 9.17) is 9.47 Å². The molecule has 0 aliphatic carbocycles. The second kappa shape index (κ2) is 11.8. The zero-order valence-electron chi connectivity index (χ0n) is 20.2. The predicted molar refractivity (Wildman–Crippen MR) is 136 cm³/mol. The first-order valence-corrected chi connectivity index (χ1v) is 12.6. The number of methoxy groups -OCH3 is 2. The number of piperidine rings is 1. The maximum Gasteiger partial charge on any atom is 0.275 e. The number of likely N-dealkylation sites (tertiary alicyclic amines) is 1. The van der Waals surface area contributed by atoms with Crippen molar-refractivity contribution in [2.45, 2.75) is 31.6 Å². The van der Waals surface area contributed by atoms with Crippen LogP contribution in [0.25, 0.3) is 0 Å². The second-order valence-corrected chi connectivity index (χ2v) is 9.28. The molecule has 10 heteroatoms. The molecule has 188 valence electrons. The summed E-state index contributed by atoms with van der Waals surface area (Å²) in [6.07, 6.45) is 3.49. The maximum atomic E-state index is 12.7. The fourth-order valence-electron chi connectivity index (χ4n) is 4.09. The largest absolute Gasteiger partial charge is 0.497 e. The molecule has 1 aliphatic heterocycles. The minimum atomic E-state index is -0.321. The van der Waals surface area contributed by atoms with E-state index in [1.807, 2.05) is 4.90 Å². The molecular formula is C26H28N4O5S. The normalized spacial score (nSPS) is 13.8. The number of benzene rings is 1. The van der Waals surface area contributed by atoms with Crippen molar-refractivity contribution < 1.29 is 23.9 Å². The molecule has 2 aromatic heterocycles. The third-order valence-electron chi connectivity index (χ3n) is 6.14. The first kappa shape index (κ1) is 25.3. The van der Waals surface area contributed by atoms with E-state index in [1.54, 1.807) is 55.1 Å². The summed E-state index contributed by atoms with van der Waals surface area (Å²) in [6, 6.07) is 10.3. The van der Waals surface area contributed by atoms with Crippen LogP contribution in [-0.4, -0.2) is 59.8 Å². The average Bonchev–Trinajstić information content (AvgIpc) is 3.42. The van der Waals surface area contributed by atoms with E-state index >= 15 is 0 Å². The van der Waals surface area contributed by atoms with Crippen molar-refractivity contribution >= 4 is 34.6 Å². The Labute approximate surface area is 213 Å². The van der Waals surface area contributed by atoms with Crippen molar-refractivity contribution in [3.05, 3.63) is 64.2 Å². The first-order valence-electron chi connectivity index (χ1n) is 11.7. The van der Waals surface area contributed by atoms with Crippen LogP contribution in [0.5, 0.6) is 11.6 Å². The van der Waals surface area contributed by atoms with E-state index in [-0.39, 0.29) is 36.4 Å². The molecule has 3 heterocycles. The Morgan fingerprint density at radius 3 is 2.50 bits per heavy atom. The number of Topliss-reactive ketones (excluding diaryl/α,β-unsaturated/α-hetero) is 1. The van der Waals surface area contributed by atoms with Gasteiger partial charge in [-0.05, 0) is 49.2 Å². The van der Waals surface area contributed by atoms with Gasteiger partial charge >= 0.3 is 0 Å². The average molecular weight is 509 g/mol. The van der Waals surface area contributed by atoms with Gasteiger partial charge in [-0.3, -0.25) is 14.4 Å². The van der Waals surface area contributed by atoms with Crippen LogP contribution < -0.4 is 14.8 Å². The SMILES string of the molecule is COc1ccc(C(=O)CCC(=O)N2CCC(c3nc(C(=O)Nc4cccnc4OC)cs3)CC2)cc1. The van der Waals surface area contributed by atoms with Gasteiger partial charge in [0.15, 0.2) is 5.78 Å². The Bertz CT molecular complexity index is 1220. The summed E-state index contributed by atoms with van der Waals surface area (Å²) in [5, 5.41) is 5.42. The van der Waals surface area contributed by atoms with E-state index < -0.39 is 0 Å². The Balaban J connectivity index is 1.25. The van der Waals surface area contributed by atoms with E-state index in [0.717, 1.165) is 17.8 Å². The number of nitrogens with one attached hydrogen (secondary N) is 1. The topological polar surface area (TPSA) is 111 Å². The number of nitrogens with zero attached hydrogens (tertiary/aromatic N) is 3. The summed E-state index contributed by atoms with van der Waals surface area (Å²) in [5.74, 6) is 0.821. The number of aromatic nitrogens is 2. The third-order valence-corrected chi connectivity index (χ3v) is 7.15. The van der Waals surface area contributed by atoms with Gasteiger partial charge in [-0.15, -0.1) is 11.3 Å². The molecule has 0 radical (unpaired) electrons. The fraction of sp³-hybridized carbons (Fsp3) is 0.346. The molecule has 1 saturated heterocycles. The molecule has 1 N–H and O–H groups in total. The monoisotopic (exact) mass is 508 g/mol. The zero-order valence-corrected chi connectivity index (χ0v) is 21.0. The molecule has 4 rings (SSSR count). The van der Waals surface area contributed by atoms with Crippen LogP contribution in [0.4, 0.5) is 5.69 Å². The molecule has 1 aromatic carbocycles. The summed E-state index contributed by atoms with van der Waals surface area (Å²) in [5.41, 5.74) is 1.40. The summed E-state index contributed by atoms with van der Waals surface area (Å²) in [6.45, 7) is 1.21. The Hall–Kier alpha value is -3.79. The minimum Gasteiger partial charge on any atom is -0.497 e. The highest BCUT2D eigenvalue weighted by Gasteiger charge is 2.27. The lowest BCUT2D eigenvalue weighted by Gasteiger charge is -2.31. The van der Waals surface area contributed by atoms with Crippen molar-refractivity contribution in [1.82, 2.24) is 14.9 Å². The number of hydrogen-bond donors (Lipinski definition) is 1. The van der Waals surface area contributed by atoms with Crippen LogP contribution in [0.1, 0.15) is 57.5 Å². The van der Waals surface area contributed by atoms with Crippen LogP contribution >= 0.6 is 11.3 Å². The highest BCUT2D eigenvalue weighted by atomic mass is 32.1. The van der Waals surface area contributed by atoms with Crippen molar-refractivity contribution in [2.24, 2.45) is 0 Å². The van der Waals surface area contributed by atoms with Gasteiger partial charge in [-0.1, -0.05) is 0 Å². The molecule has 0 atom stereocenters. The van der Waals surface area contributed by atoms with E-state index in [0.29, 0.717) is 41.7 Å². The molecule has 2 amide bonds. The number of amides is 2. The zero-order chi connectivity index (χ0) is 25.5. The van der Waals surface area contributed by atoms with Gasteiger partial charge in [-0.2, -0.15) is 0 Å². The fourth-order valence-corrected chi connectivity index (χ4v) is 5.06. The standard InChI is InChI=1S/C26H28N4O5S/c1-34-19-7-5-17(6-8-19)22(31)9-10-23(32)30-14-11-18(12-15-30)26-29-21(16-36-26)24(33)28-20-4-3-13-27-25(20)35-2/h3-8,13,16,18H,9-12,14-15H2,1-2H3,(H,28,33). The van der Waals surface area contributed by atoms with Gasteiger partial charge in [0, 0.05) is 49.0 Å². The number of hydrogen-bond acceptors (Lipinski definition) is 8. The molecule has 9 nitrogen and oxygen atoms in total. The molecule has 0 spiro atoms. The van der Waals surface area contributed by atoms with Crippen LogP contribution in [-0.2, 0) is 4.79 Å². The summed E-state index contributed by atoms with van der Waals surface area (Å²) in [4.78, 5) is 48.2. The maximum absolute atomic E-state index is 12.7. The molecule has 36 heavy (non-hydrogen) atoms. The third kappa shape index (κ3) is 6.06. The van der Waals surface area contributed by atoms with Crippen molar-refractivity contribution in [2.75, 3.05) is 32.6 Å². The smallest absolute Gasteiger partial charge is 0.275 e. The number of pyridine rings is 1. The van der Waals surface area contributed by atoms with E-state index in [2.05, 4.69) is 15.3 Å². The summed E-state index contributed by atoms with van der Waals surface area (Å²) < 4.78 is 10.3. The first-order chi connectivity index (χ1) is 17.5. The van der Waals surface area contributed by atoms with E-state index in [9.17, 15) is 14.4 Å². The molecule has 0 saturated carbocycles. The van der Waals surface area contributed by atoms with Gasteiger partial charge in [0.25, 0.3) is 5.91 Å². The summed E-state index contributed by atoms with van der Waals surface area (Å²) in [7, 11) is 3.07. The molecule has 3 aromatic rings. The highest BCUT2D eigenvalue weighted by Crippen LogP contribution is 2.31. The lowest BCUT2D eigenvalue weighted by molar-refractivity contribution is -0.132. The lowest BCUT2D eigenvalue weighted by Crippen LogP contribution is -2.38. The van der Waals surface area contributed by atoms with E-state index in [1.165, 1.54) is 18.4 Å². The highest BCUT2D eigenvalue weighted by molar-refractivity contribution is 7.10. The van der Waals surface area contributed by atoms with Crippen LogP contribution in [0.3, 0.4) is 0 Å². The van der Waals surface area contributed by atoms with Crippen molar-refractivity contribution in [1.29, 1.82) is 0 Å². The van der Waals surface area contributed by atoms with Gasteiger partial charge in [0.1, 0.15) is 17.1 Å². The number of thiazole rings is 1. The Kier molecular flexibility index (Phi) is 8.27. The molecule has 1 fully saturated rings. The van der Waals surface area contributed by atoms with Crippen LogP contribution in [0, 0.1) is 0 Å². The molecule has 0 unspecified atom stereocenters. The Morgan fingerprint density at radius 1 is 1.06 bits per heavy atom. The number of carbonyl (C=O) groups excluding carboxylic acids is 3. The molecule has 1 aliphatic rings. The number of ether oxygens (including phenoxy) is 2. The minimum absolute atomic E-state index is 0.0139. The quantitative estimate of drug-likeness (QED) is 0.432. The molecular weight excluding hydrogens is 480 g/mol. The number of ketones is 1.